The number of hydrogen-bond donors (Lipinski definition) is 10. The van der Waals surface area contributed by atoms with Gasteiger partial charge in [0.1, 0.15) is 84.1 Å². The van der Waals surface area contributed by atoms with Crippen LogP contribution in [0.25, 0.3) is 22.3 Å². The Labute approximate surface area is 685 Å². The number of aliphatic hydroxyl groups excluding tert-OH is 4. The van der Waals surface area contributed by atoms with Crippen molar-refractivity contribution < 1.29 is 161 Å². The van der Waals surface area contributed by atoms with Crippen molar-refractivity contribution in [3.05, 3.63) is 60.7 Å². The summed E-state index contributed by atoms with van der Waals surface area (Å²) in [4.78, 5) is 198. The van der Waals surface area contributed by atoms with E-state index in [1.165, 1.54) is 38.8 Å². The minimum Gasteiger partial charge on any atom is -0.790 e. The van der Waals surface area contributed by atoms with E-state index in [-0.39, 0.29) is 97.4 Å². The van der Waals surface area contributed by atoms with Crippen molar-refractivity contribution >= 4 is 116 Å². The third-order valence-corrected chi connectivity index (χ3v) is 26.6. The average Bonchev–Trinajstić information content (AvgIpc) is 1.63. The molecule has 48 nitrogen and oxygen atoms in total. The van der Waals surface area contributed by atoms with E-state index in [0.717, 1.165) is 118 Å². The van der Waals surface area contributed by atoms with Gasteiger partial charge in [-0.1, -0.05) is 77.6 Å². The number of benzene rings is 1. The van der Waals surface area contributed by atoms with E-state index < -0.39 is 180 Å². The lowest BCUT2D eigenvalue weighted by Gasteiger charge is -2.36. The second-order valence-electron chi connectivity index (χ2n) is 30.8. The van der Waals surface area contributed by atoms with E-state index in [1.54, 1.807) is 0 Å². The second kappa shape index (κ2) is 40.7. The molecular weight excluding hydrogens is 1720 g/mol. The normalized spacial score (nSPS) is 22.9. The number of nitrogens with zero attached hydrogens (tertiary/aromatic N) is 8. The molecule has 4 fully saturated rings. The van der Waals surface area contributed by atoms with Gasteiger partial charge in [-0.15, -0.1) is 0 Å². The van der Waals surface area contributed by atoms with E-state index in [9.17, 15) is 116 Å². The highest BCUT2D eigenvalue weighted by atomic mass is 31.3. The summed E-state index contributed by atoms with van der Waals surface area (Å²) in [6.07, 6.45) is -4.20. The molecule has 2 aliphatic carbocycles. The number of aliphatic hydroxyl groups is 4. The lowest BCUT2D eigenvalue weighted by molar-refractivity contribution is -0.348. The van der Waals surface area contributed by atoms with Crippen LogP contribution < -0.4 is 71.9 Å². The number of imidazole rings is 2. The number of hydrogen-bond acceptors (Lipinski definition) is 42. The van der Waals surface area contributed by atoms with Crippen molar-refractivity contribution in [1.82, 2.24) is 60.3 Å². The summed E-state index contributed by atoms with van der Waals surface area (Å²) in [5.74, 6) is -3.28. The summed E-state index contributed by atoms with van der Waals surface area (Å²) in [6, 6.07) is 8.36. The predicted octanol–water partition coefficient (Wildman–Crippen LogP) is -2.85. The molecule has 670 valence electrons. The molecule has 120 heavy (non-hydrogen) atoms. The van der Waals surface area contributed by atoms with Crippen LogP contribution in [0, 0.1) is 21.7 Å². The molecule has 0 radical (unpaired) electrons. The lowest BCUT2D eigenvalue weighted by atomic mass is 9.87. The maximum atomic E-state index is 13.3. The molecule has 2 saturated heterocycles. The van der Waals surface area contributed by atoms with Crippen molar-refractivity contribution in [2.24, 2.45) is 21.7 Å². The number of carbonyl (C=O) groups is 6. The highest BCUT2D eigenvalue weighted by Crippen LogP contribution is 2.59. The van der Waals surface area contributed by atoms with Gasteiger partial charge in [0.15, 0.2) is 35.4 Å². The number of rotatable bonds is 52. The Morgan fingerprint density at radius 1 is 0.525 bits per heavy atom. The Morgan fingerprint density at radius 2 is 0.883 bits per heavy atom. The van der Waals surface area contributed by atoms with E-state index >= 15 is 0 Å². The quantitative estimate of drug-likeness (QED) is 0.0138. The van der Waals surface area contributed by atoms with Gasteiger partial charge in [-0.05, 0) is 75.3 Å². The van der Waals surface area contributed by atoms with Crippen LogP contribution in [0.1, 0.15) is 154 Å². The van der Waals surface area contributed by atoms with Crippen molar-refractivity contribution in [1.29, 1.82) is 0 Å². The minimum atomic E-state index is -5.99. The highest BCUT2D eigenvalue weighted by molar-refractivity contribution is 7.60. The van der Waals surface area contributed by atoms with Crippen LogP contribution in [0.2, 0.25) is 0 Å². The molecule has 4 amide bonds. The third-order valence-electron chi connectivity index (χ3n) is 20.6. The van der Waals surface area contributed by atoms with Crippen molar-refractivity contribution in [3.8, 4) is 0 Å². The number of anilines is 2. The molecule has 14 atom stereocenters. The number of amides is 4. The Balaban J connectivity index is 0.575. The van der Waals surface area contributed by atoms with Gasteiger partial charge in [0.05, 0.1) is 54.7 Å². The first-order valence-corrected chi connectivity index (χ1v) is 46.6. The molecule has 12 N–H and O–H groups in total. The van der Waals surface area contributed by atoms with Gasteiger partial charge < -0.3 is 138 Å². The molecule has 2 saturated carbocycles. The molecule has 6 heterocycles. The van der Waals surface area contributed by atoms with Crippen LogP contribution in [0.5, 0.6) is 0 Å². The number of nitrogens with two attached hydrogens (primary N) is 2. The average molecular weight is 1810 g/mol. The van der Waals surface area contributed by atoms with Gasteiger partial charge in [0.2, 0.25) is 23.6 Å². The van der Waals surface area contributed by atoms with Crippen LogP contribution in [0.4, 0.5) is 11.6 Å². The smallest absolute Gasteiger partial charge is 0.274 e. The first-order valence-electron chi connectivity index (χ1n) is 37.8. The zero-order valence-electron chi connectivity index (χ0n) is 65.2. The van der Waals surface area contributed by atoms with Gasteiger partial charge >= 0.3 is 0 Å². The third kappa shape index (κ3) is 27.8. The summed E-state index contributed by atoms with van der Waals surface area (Å²) in [5.41, 5.74) is 9.48. The number of carbonyl (C=O) groups excluding carboxylic acids is 6. The summed E-state index contributed by atoms with van der Waals surface area (Å²) >= 11 is 0. The first-order chi connectivity index (χ1) is 56.0. The zero-order chi connectivity index (χ0) is 88.2. The molecular formula is C66H94N14O34P6-8. The fourth-order valence-electron chi connectivity index (χ4n) is 13.5. The number of aryl methyl sites for hydroxylation is 2. The number of nitrogen functional groups attached to an aromatic ring is 2. The minimum absolute atomic E-state index is 0.0196. The highest BCUT2D eigenvalue weighted by Gasteiger charge is 2.52. The first kappa shape index (κ1) is 97.4. The number of nitrogens with one attached hydrogen (secondary N) is 4. The maximum absolute atomic E-state index is 13.3. The number of fused-ring (bicyclic) bond motifs is 2. The Kier molecular flexibility index (Phi) is 33.1. The predicted molar refractivity (Wildman–Crippen MR) is 395 cm³/mol. The Bertz CT molecular complexity index is 4750. The fraction of sp³-hybridized carbons (Fsp3) is 0.667. The number of ether oxygens (including phenoxy) is 2. The van der Waals surface area contributed by atoms with Crippen molar-refractivity contribution in [3.63, 3.8) is 0 Å². The van der Waals surface area contributed by atoms with Crippen LogP contribution >= 0.6 is 46.9 Å². The Morgan fingerprint density at radius 3 is 1.27 bits per heavy atom. The van der Waals surface area contributed by atoms with Crippen molar-refractivity contribution in [2.45, 2.75) is 205 Å². The number of phosphoric ester groups is 6. The summed E-state index contributed by atoms with van der Waals surface area (Å²) < 4.78 is 123. The van der Waals surface area contributed by atoms with Gasteiger partial charge in [0, 0.05) is 73.5 Å². The summed E-state index contributed by atoms with van der Waals surface area (Å²) in [6.45, 7) is -0.461. The lowest BCUT2D eigenvalue weighted by Crippen LogP contribution is -2.46. The van der Waals surface area contributed by atoms with Gasteiger partial charge in [-0.3, -0.25) is 56.2 Å². The number of phosphoric acid groups is 6. The molecule has 0 spiro atoms. The van der Waals surface area contributed by atoms with E-state index in [4.69, 9.17) is 20.9 Å². The van der Waals surface area contributed by atoms with E-state index in [1.807, 2.05) is 6.07 Å². The number of unbranched alkanes of at least 4 members (excludes halogenated alkanes) is 4. The van der Waals surface area contributed by atoms with Gasteiger partial charge in [0.25, 0.3) is 31.3 Å². The van der Waals surface area contributed by atoms with Crippen molar-refractivity contribution in [2.75, 3.05) is 64.1 Å². The topological polar surface area (TPSA) is 750 Å². The fourth-order valence-corrected chi connectivity index (χ4v) is 19.0. The molecule has 9 rings (SSSR count). The van der Waals surface area contributed by atoms with Crippen LogP contribution in [-0.2, 0) is 114 Å². The molecule has 5 aromatic rings. The molecule has 0 bridgehead atoms. The monoisotopic (exact) mass is 1810 g/mol. The second-order valence-corrected chi connectivity index (χ2v) is 38.9. The van der Waals surface area contributed by atoms with E-state index in [0.29, 0.717) is 6.42 Å². The van der Waals surface area contributed by atoms with Gasteiger partial charge in [-0.25, -0.2) is 38.5 Å². The SMILES string of the molecule is CC(C)(COP(=O)([O-])OP(=O)([O-])OCC1OC(n2cnc3c(N)ncnc32)C(O)C1OP(=O)([O-])[O-])C(O)C(=O)NCCC(=O)NCCC(=O)C1(CCCCCCc2cccc(CCCCC3(C(=O)CCNC(=O)CCNC(=O)C(O)C(C)(C)COP(=O)([O-])OP(=O)([O-])OCC4OC(n5cnc6c(N)ncnc65)C(O)C4OP(=O)([O-])[O-])CC3)c2)CC1. The largest absolute Gasteiger partial charge is 0.790 e. The Hall–Kier alpha value is -6.36. The number of aromatic nitrogens is 8. The standard InChI is InChI=1S/C66H102N14O34P6/c1-63(2,33-107-119(101,102)113-117(97,98)105-31-41-51(111-115(91,92)93)49(85)61(109-41)79-37-77-47-55(67)73-35-75-57(47)79)53(87)59(89)71-28-18-45(83)69-26-16-43(81)65(22-23-65)20-9-6-5-7-12-39-14-11-15-40(30-39)13-8-10-21-66(24-25-66)44(82)17-27-70-46(84)19-29-72-60(90)54(88)64(3,4)34-108-120(103,104)114-118(99,100)106-32-42-52(112-116(94,95)96)50(86)62(110-42)80-38-78-48-56(68)74-36-76-58(48)80/h11,14-15,30,35-38,41-42,49-54,61-62,85-88H,5-10,12-13,16-29,31-34H2,1-4H3,(H,69,83)(H,70,84)(H,71,89)(H,72,90)(H,97,98)(H,99,100)(H,101,102)(H,103,104)(H2,67,73,75)(H2,68,74,76)(H2,91,92,93)(H2,94,95,96)/p-8. The molecule has 14 unspecified atom stereocenters. The molecule has 4 aromatic heterocycles. The van der Waals surface area contributed by atoms with Gasteiger partial charge in [-0.2, -0.15) is 0 Å². The van der Waals surface area contributed by atoms with Crippen LogP contribution in [-0.4, -0.2) is 196 Å². The van der Waals surface area contributed by atoms with E-state index in [2.05, 4.69) is 105 Å². The van der Waals surface area contributed by atoms with Crippen LogP contribution in [0.3, 0.4) is 0 Å². The molecule has 54 heteroatoms. The molecule has 2 aliphatic heterocycles. The maximum Gasteiger partial charge on any atom is 0.274 e. The molecule has 4 aliphatic rings. The van der Waals surface area contributed by atoms with Crippen LogP contribution in [0.15, 0.2) is 49.6 Å². The number of Topliss-reactive ketones (excluding diaryl/α,β-unsaturated/α-hetero) is 2. The summed E-state index contributed by atoms with van der Waals surface area (Å²) in [7, 11) is -35.6. The zero-order valence-corrected chi connectivity index (χ0v) is 70.6. The summed E-state index contributed by atoms with van der Waals surface area (Å²) in [5, 5.41) is 53.4. The molecule has 1 aromatic carbocycles. The number of ketones is 2.